The number of halogens is 1. The maximum atomic E-state index is 15.6. The van der Waals surface area contributed by atoms with E-state index in [4.69, 9.17) is 19.2 Å². The smallest absolute Gasteiger partial charge is 0.339 e. The molecule has 0 bridgehead atoms. The molecule has 1 atom stereocenters. The van der Waals surface area contributed by atoms with Crippen molar-refractivity contribution in [2.24, 2.45) is 0 Å². The van der Waals surface area contributed by atoms with E-state index in [-0.39, 0.29) is 12.2 Å². The number of aliphatic hydroxyl groups is 1. The quantitative estimate of drug-likeness (QED) is 0.300. The van der Waals surface area contributed by atoms with Gasteiger partial charge in [-0.15, -0.1) is 0 Å². The van der Waals surface area contributed by atoms with Crippen LogP contribution in [0.4, 0.5) is 4.39 Å². The second-order valence-corrected chi connectivity index (χ2v) is 10.5. The van der Waals surface area contributed by atoms with Gasteiger partial charge in [0.05, 0.1) is 30.9 Å². The van der Waals surface area contributed by atoms with Crippen molar-refractivity contribution in [3.63, 3.8) is 0 Å². The molecule has 1 unspecified atom stereocenters. The van der Waals surface area contributed by atoms with E-state index in [9.17, 15) is 9.90 Å². The molecular weight excluding hydrogens is 485 g/mol. The van der Waals surface area contributed by atoms with Gasteiger partial charge in [0.2, 0.25) is 0 Å². The van der Waals surface area contributed by atoms with Crippen LogP contribution in [0.25, 0.3) is 32.8 Å². The maximum Gasteiger partial charge on any atom is 0.339 e. The fourth-order valence-electron chi connectivity index (χ4n) is 5.28. The lowest BCUT2D eigenvalue weighted by atomic mass is 9.85. The first-order valence-electron chi connectivity index (χ1n) is 12.9. The number of rotatable bonds is 6. The fraction of sp³-hybridized carbons (Fsp3) is 0.355. The van der Waals surface area contributed by atoms with Gasteiger partial charge in [-0.05, 0) is 81.0 Å². The highest BCUT2D eigenvalue weighted by atomic mass is 19.1. The third-order valence-corrected chi connectivity index (χ3v) is 6.83. The van der Waals surface area contributed by atoms with E-state index in [0.717, 1.165) is 28.7 Å². The SMILES string of the molecule is CCOC(=O)C(OC(C)(C)C)c1c(C)cc2c(F)c(CO)ccc2c1-c1ccc2c3c(ccnc13)CCO2. The molecule has 1 aromatic heterocycles. The summed E-state index contributed by atoms with van der Waals surface area (Å²) in [7, 11) is 0. The van der Waals surface area contributed by atoms with E-state index < -0.39 is 30.1 Å². The highest BCUT2D eigenvalue weighted by Crippen LogP contribution is 2.45. The number of hydrogen-bond donors (Lipinski definition) is 1. The van der Waals surface area contributed by atoms with Crippen LogP contribution in [0.1, 0.15) is 56.1 Å². The predicted octanol–water partition coefficient (Wildman–Crippen LogP) is 6.35. The van der Waals surface area contributed by atoms with E-state index in [1.54, 1.807) is 31.3 Å². The van der Waals surface area contributed by atoms with Gasteiger partial charge in [-0.1, -0.05) is 12.1 Å². The van der Waals surface area contributed by atoms with Crippen molar-refractivity contribution in [2.75, 3.05) is 13.2 Å². The third kappa shape index (κ3) is 4.50. The van der Waals surface area contributed by atoms with Crippen LogP contribution in [0.15, 0.2) is 42.6 Å². The largest absolute Gasteiger partial charge is 0.493 e. The predicted molar refractivity (Wildman–Crippen MR) is 145 cm³/mol. The summed E-state index contributed by atoms with van der Waals surface area (Å²) in [5, 5.41) is 11.6. The summed E-state index contributed by atoms with van der Waals surface area (Å²) >= 11 is 0. The average molecular weight is 518 g/mol. The summed E-state index contributed by atoms with van der Waals surface area (Å²) in [5.41, 5.74) is 4.01. The Kier molecular flexibility index (Phi) is 6.84. The average Bonchev–Trinajstić information content (AvgIpc) is 2.88. The van der Waals surface area contributed by atoms with E-state index in [1.165, 1.54) is 0 Å². The lowest BCUT2D eigenvalue weighted by Crippen LogP contribution is -2.29. The number of carbonyl (C=O) groups excluding carboxylic acids is 1. The first-order valence-corrected chi connectivity index (χ1v) is 12.9. The molecule has 198 valence electrons. The first kappa shape index (κ1) is 26.1. The van der Waals surface area contributed by atoms with Gasteiger partial charge in [0, 0.05) is 40.1 Å². The molecule has 0 fully saturated rings. The Morgan fingerprint density at radius 3 is 2.68 bits per heavy atom. The van der Waals surface area contributed by atoms with Crippen molar-refractivity contribution in [3.8, 4) is 16.9 Å². The molecule has 1 N–H and O–H groups in total. The summed E-state index contributed by atoms with van der Waals surface area (Å²) in [6, 6.07) is 10.9. The molecule has 0 radical (unpaired) electrons. The second-order valence-electron chi connectivity index (χ2n) is 10.5. The van der Waals surface area contributed by atoms with Crippen LogP contribution in [0.5, 0.6) is 5.75 Å². The Morgan fingerprint density at radius 1 is 1.18 bits per heavy atom. The summed E-state index contributed by atoms with van der Waals surface area (Å²) in [6.07, 6.45) is 1.47. The molecule has 0 aliphatic carbocycles. The van der Waals surface area contributed by atoms with Crippen molar-refractivity contribution < 1.29 is 28.5 Å². The lowest BCUT2D eigenvalue weighted by Gasteiger charge is -2.30. The van der Waals surface area contributed by atoms with E-state index in [0.29, 0.717) is 39.6 Å². The monoisotopic (exact) mass is 517 g/mol. The number of benzene rings is 3. The first-order chi connectivity index (χ1) is 18.1. The zero-order chi connectivity index (χ0) is 27.2. The summed E-state index contributed by atoms with van der Waals surface area (Å²) < 4.78 is 33.4. The molecule has 2 heterocycles. The number of aryl methyl sites for hydroxylation is 1. The van der Waals surface area contributed by atoms with Gasteiger partial charge in [0.15, 0.2) is 6.10 Å². The van der Waals surface area contributed by atoms with Gasteiger partial charge in [0.25, 0.3) is 0 Å². The molecule has 1 aliphatic rings. The molecule has 6 nitrogen and oxygen atoms in total. The van der Waals surface area contributed by atoms with Crippen LogP contribution in [-0.2, 0) is 27.3 Å². The standard InChI is InChI=1S/C31H32FNO5/c1-6-36-30(35)29(38-31(3,4)5)24-17(2)15-22-20(8-7-19(16-34)27(22)32)26(24)21-9-10-23-25-18(12-14-37-23)11-13-33-28(21)25/h7-11,13,15,29,34H,6,12,14,16H2,1-5H3. The molecule has 0 saturated carbocycles. The molecule has 7 heteroatoms. The van der Waals surface area contributed by atoms with Gasteiger partial charge in [-0.3, -0.25) is 4.98 Å². The number of carbonyl (C=O) groups is 1. The Balaban J connectivity index is 1.92. The van der Waals surface area contributed by atoms with Crippen molar-refractivity contribution in [3.05, 3.63) is 70.7 Å². The van der Waals surface area contributed by atoms with E-state index >= 15 is 4.39 Å². The molecule has 1 aliphatic heterocycles. The number of nitrogens with zero attached hydrogens (tertiary/aromatic N) is 1. The van der Waals surface area contributed by atoms with Crippen molar-refractivity contribution in [1.82, 2.24) is 4.98 Å². The van der Waals surface area contributed by atoms with Crippen LogP contribution >= 0.6 is 0 Å². The molecular formula is C31H32FNO5. The van der Waals surface area contributed by atoms with Gasteiger partial charge >= 0.3 is 5.97 Å². The zero-order valence-electron chi connectivity index (χ0n) is 22.4. The highest BCUT2D eigenvalue weighted by Gasteiger charge is 2.34. The summed E-state index contributed by atoms with van der Waals surface area (Å²) in [4.78, 5) is 18.1. The zero-order valence-corrected chi connectivity index (χ0v) is 22.4. The Bertz CT molecular complexity index is 1550. The van der Waals surface area contributed by atoms with E-state index in [2.05, 4.69) is 0 Å². The van der Waals surface area contributed by atoms with Crippen molar-refractivity contribution in [2.45, 2.75) is 59.4 Å². The topological polar surface area (TPSA) is 77.9 Å². The number of esters is 1. The third-order valence-electron chi connectivity index (χ3n) is 6.83. The van der Waals surface area contributed by atoms with E-state index in [1.807, 2.05) is 45.9 Å². The van der Waals surface area contributed by atoms with Crippen molar-refractivity contribution in [1.29, 1.82) is 0 Å². The van der Waals surface area contributed by atoms with Gasteiger partial charge in [0.1, 0.15) is 11.6 Å². The number of hydrogen-bond acceptors (Lipinski definition) is 6. The second kappa shape index (κ2) is 9.97. The highest BCUT2D eigenvalue weighted by molar-refractivity contribution is 6.09. The summed E-state index contributed by atoms with van der Waals surface area (Å²) in [6.45, 7) is 9.59. The Labute approximate surface area is 221 Å². The maximum absolute atomic E-state index is 15.6. The lowest BCUT2D eigenvalue weighted by molar-refractivity contribution is -0.166. The molecule has 0 spiro atoms. The number of aromatic nitrogens is 1. The van der Waals surface area contributed by atoms with Crippen LogP contribution in [-0.4, -0.2) is 34.9 Å². The Hall–Kier alpha value is -3.55. The van der Waals surface area contributed by atoms with Crippen LogP contribution in [0.3, 0.4) is 0 Å². The molecule has 5 rings (SSSR count). The molecule has 38 heavy (non-hydrogen) atoms. The van der Waals surface area contributed by atoms with Gasteiger partial charge < -0.3 is 19.3 Å². The van der Waals surface area contributed by atoms with Crippen LogP contribution < -0.4 is 4.74 Å². The number of pyridine rings is 1. The molecule has 4 aromatic rings. The minimum Gasteiger partial charge on any atom is -0.493 e. The number of ether oxygens (including phenoxy) is 3. The summed E-state index contributed by atoms with van der Waals surface area (Å²) in [5.74, 6) is -0.264. The minimum atomic E-state index is -1.06. The van der Waals surface area contributed by atoms with Crippen LogP contribution in [0, 0.1) is 12.7 Å². The Morgan fingerprint density at radius 2 is 1.97 bits per heavy atom. The molecule has 0 saturated heterocycles. The van der Waals surface area contributed by atoms with Crippen LogP contribution in [0.2, 0.25) is 0 Å². The minimum absolute atomic E-state index is 0.194. The normalized spacial score (nSPS) is 14.0. The molecule has 3 aromatic carbocycles. The van der Waals surface area contributed by atoms with Gasteiger partial charge in [-0.25, -0.2) is 9.18 Å². The number of fused-ring (bicyclic) bond motifs is 1. The number of aliphatic hydroxyl groups excluding tert-OH is 1. The fourth-order valence-corrected chi connectivity index (χ4v) is 5.28. The van der Waals surface area contributed by atoms with Crippen molar-refractivity contribution >= 4 is 27.6 Å². The molecule has 0 amide bonds. The van der Waals surface area contributed by atoms with Gasteiger partial charge in [-0.2, -0.15) is 0 Å².